The SMILES string of the molecule is CSC(=O)CC(NC(=O)OC(C)(C)C)C(=O)O. The molecule has 0 fully saturated rings. The minimum Gasteiger partial charge on any atom is -0.480 e. The number of alkyl carbamates (subject to hydrolysis) is 1. The van der Waals surface area contributed by atoms with E-state index in [-0.39, 0.29) is 11.5 Å². The summed E-state index contributed by atoms with van der Waals surface area (Å²) in [6.45, 7) is 4.99. The molecule has 98 valence electrons. The standard InChI is InChI=1S/C10H17NO5S/c1-10(2,3)16-9(15)11-6(8(13)14)5-7(12)17-4/h6H,5H2,1-4H3,(H,11,15)(H,13,14). The molecule has 17 heavy (non-hydrogen) atoms. The summed E-state index contributed by atoms with van der Waals surface area (Å²) in [5.41, 5.74) is -0.712. The third-order valence-corrected chi connectivity index (χ3v) is 2.21. The van der Waals surface area contributed by atoms with Gasteiger partial charge in [0, 0.05) is 6.42 Å². The molecular formula is C10H17NO5S. The van der Waals surface area contributed by atoms with Crippen molar-refractivity contribution in [3.8, 4) is 0 Å². The highest BCUT2D eigenvalue weighted by molar-refractivity contribution is 8.13. The van der Waals surface area contributed by atoms with E-state index in [1.807, 2.05) is 0 Å². The van der Waals surface area contributed by atoms with Crippen LogP contribution in [0.5, 0.6) is 0 Å². The quantitative estimate of drug-likeness (QED) is 0.792. The molecule has 0 spiro atoms. The number of hydrogen-bond acceptors (Lipinski definition) is 5. The maximum atomic E-state index is 11.3. The Morgan fingerprint density at radius 1 is 1.35 bits per heavy atom. The first kappa shape index (κ1) is 15.8. The second-order valence-electron chi connectivity index (χ2n) is 4.32. The van der Waals surface area contributed by atoms with Crippen LogP contribution < -0.4 is 5.32 Å². The molecule has 0 radical (unpaired) electrons. The summed E-state index contributed by atoms with van der Waals surface area (Å²) in [5.74, 6) is -1.27. The highest BCUT2D eigenvalue weighted by Gasteiger charge is 2.25. The second-order valence-corrected chi connectivity index (χ2v) is 5.18. The summed E-state index contributed by atoms with van der Waals surface area (Å²) < 4.78 is 4.90. The maximum absolute atomic E-state index is 11.3. The van der Waals surface area contributed by atoms with Gasteiger partial charge in [0.05, 0.1) is 0 Å². The molecule has 0 saturated carbocycles. The van der Waals surface area contributed by atoms with Crippen molar-refractivity contribution in [2.75, 3.05) is 6.26 Å². The Morgan fingerprint density at radius 2 is 1.88 bits per heavy atom. The van der Waals surface area contributed by atoms with Gasteiger partial charge in [0.25, 0.3) is 0 Å². The number of carbonyl (C=O) groups excluding carboxylic acids is 2. The average molecular weight is 263 g/mol. The Labute approximate surface area is 104 Å². The number of rotatable bonds is 4. The van der Waals surface area contributed by atoms with Crippen molar-refractivity contribution in [2.45, 2.75) is 38.8 Å². The molecule has 0 rings (SSSR count). The zero-order valence-electron chi connectivity index (χ0n) is 10.3. The van der Waals surface area contributed by atoms with Gasteiger partial charge in [0.2, 0.25) is 0 Å². The molecule has 0 aromatic rings. The lowest BCUT2D eigenvalue weighted by atomic mass is 10.2. The number of carboxylic acid groups (broad SMARTS) is 1. The first-order valence-electron chi connectivity index (χ1n) is 4.95. The van der Waals surface area contributed by atoms with Crippen molar-refractivity contribution in [1.82, 2.24) is 5.32 Å². The second kappa shape index (κ2) is 6.48. The molecule has 0 aliphatic heterocycles. The Hall–Kier alpha value is -1.24. The molecule has 1 unspecified atom stereocenters. The van der Waals surface area contributed by atoms with Gasteiger partial charge in [-0.15, -0.1) is 0 Å². The lowest BCUT2D eigenvalue weighted by molar-refractivity contribution is -0.140. The van der Waals surface area contributed by atoms with Gasteiger partial charge in [-0.3, -0.25) is 4.79 Å². The van der Waals surface area contributed by atoms with E-state index in [9.17, 15) is 14.4 Å². The van der Waals surface area contributed by atoms with Crippen molar-refractivity contribution >= 4 is 28.9 Å². The predicted molar refractivity (Wildman–Crippen MR) is 63.9 cm³/mol. The summed E-state index contributed by atoms with van der Waals surface area (Å²) >= 11 is 0.916. The zero-order chi connectivity index (χ0) is 13.6. The Balaban J connectivity index is 4.41. The maximum Gasteiger partial charge on any atom is 0.408 e. The topological polar surface area (TPSA) is 92.7 Å². The van der Waals surface area contributed by atoms with Crippen LogP contribution >= 0.6 is 11.8 Å². The first-order valence-corrected chi connectivity index (χ1v) is 6.17. The van der Waals surface area contributed by atoms with E-state index in [4.69, 9.17) is 9.84 Å². The third-order valence-electron chi connectivity index (χ3n) is 1.59. The number of amides is 1. The minimum absolute atomic E-state index is 0.268. The number of nitrogens with one attached hydrogen (secondary N) is 1. The number of ether oxygens (including phenoxy) is 1. The molecule has 0 aliphatic carbocycles. The zero-order valence-corrected chi connectivity index (χ0v) is 11.1. The molecule has 1 atom stereocenters. The lowest BCUT2D eigenvalue weighted by Crippen LogP contribution is -2.44. The largest absolute Gasteiger partial charge is 0.480 e. The molecule has 6 nitrogen and oxygen atoms in total. The van der Waals surface area contributed by atoms with Crippen LogP contribution in [0.3, 0.4) is 0 Å². The fourth-order valence-corrected chi connectivity index (χ4v) is 1.23. The van der Waals surface area contributed by atoms with Crippen LogP contribution in [-0.2, 0) is 14.3 Å². The van der Waals surface area contributed by atoms with Crippen molar-refractivity contribution in [2.24, 2.45) is 0 Å². The molecule has 0 saturated heterocycles. The molecule has 0 aromatic carbocycles. The highest BCUT2D eigenvalue weighted by atomic mass is 32.2. The number of carboxylic acids is 1. The fourth-order valence-electron chi connectivity index (χ4n) is 0.900. The lowest BCUT2D eigenvalue weighted by Gasteiger charge is -2.21. The van der Waals surface area contributed by atoms with Gasteiger partial charge in [0.15, 0.2) is 5.12 Å². The van der Waals surface area contributed by atoms with E-state index in [1.165, 1.54) is 0 Å². The number of carbonyl (C=O) groups is 3. The minimum atomic E-state index is -1.27. The van der Waals surface area contributed by atoms with Crippen LogP contribution in [0.2, 0.25) is 0 Å². The van der Waals surface area contributed by atoms with Gasteiger partial charge in [0.1, 0.15) is 11.6 Å². The molecule has 2 N–H and O–H groups in total. The van der Waals surface area contributed by atoms with Crippen molar-refractivity contribution in [3.05, 3.63) is 0 Å². The summed E-state index contributed by atoms with van der Waals surface area (Å²) in [5, 5.41) is 10.7. The van der Waals surface area contributed by atoms with Crippen molar-refractivity contribution < 1.29 is 24.2 Å². The average Bonchev–Trinajstić information content (AvgIpc) is 2.13. The predicted octanol–water partition coefficient (Wildman–Crippen LogP) is 1.24. The smallest absolute Gasteiger partial charge is 0.408 e. The van der Waals surface area contributed by atoms with E-state index >= 15 is 0 Å². The van der Waals surface area contributed by atoms with Crippen molar-refractivity contribution in [1.29, 1.82) is 0 Å². The summed E-state index contributed by atoms with van der Waals surface area (Å²) in [4.78, 5) is 33.2. The van der Waals surface area contributed by atoms with Gasteiger partial charge in [-0.05, 0) is 27.0 Å². The van der Waals surface area contributed by atoms with Gasteiger partial charge < -0.3 is 15.2 Å². The van der Waals surface area contributed by atoms with Gasteiger partial charge in [-0.2, -0.15) is 0 Å². The number of hydrogen-bond donors (Lipinski definition) is 2. The summed E-state index contributed by atoms with van der Waals surface area (Å²) in [6.07, 6.45) is 0.434. The normalized spacial score (nSPS) is 12.7. The van der Waals surface area contributed by atoms with Crippen LogP contribution in [0.4, 0.5) is 4.79 Å². The van der Waals surface area contributed by atoms with E-state index in [0.717, 1.165) is 11.8 Å². The molecule has 0 aromatic heterocycles. The number of thioether (sulfide) groups is 1. The molecule has 7 heteroatoms. The highest BCUT2D eigenvalue weighted by Crippen LogP contribution is 2.08. The van der Waals surface area contributed by atoms with Gasteiger partial charge in [-0.25, -0.2) is 9.59 Å². The molecule has 0 bridgehead atoms. The summed E-state index contributed by atoms with van der Waals surface area (Å²) in [6, 6.07) is -1.26. The molecule has 0 heterocycles. The van der Waals surface area contributed by atoms with E-state index < -0.39 is 23.7 Å². The summed E-state index contributed by atoms with van der Waals surface area (Å²) in [7, 11) is 0. The van der Waals surface area contributed by atoms with Crippen molar-refractivity contribution in [3.63, 3.8) is 0 Å². The molecule has 1 amide bonds. The van der Waals surface area contributed by atoms with Crippen LogP contribution in [0.15, 0.2) is 0 Å². The fraction of sp³-hybridized carbons (Fsp3) is 0.700. The van der Waals surface area contributed by atoms with Crippen LogP contribution in [0.25, 0.3) is 0 Å². The van der Waals surface area contributed by atoms with Gasteiger partial charge in [-0.1, -0.05) is 11.8 Å². The molecular weight excluding hydrogens is 246 g/mol. The van der Waals surface area contributed by atoms with Crippen LogP contribution in [0, 0.1) is 0 Å². The van der Waals surface area contributed by atoms with E-state index in [1.54, 1.807) is 27.0 Å². The van der Waals surface area contributed by atoms with E-state index in [2.05, 4.69) is 5.32 Å². The van der Waals surface area contributed by atoms with E-state index in [0.29, 0.717) is 0 Å². The van der Waals surface area contributed by atoms with Crippen LogP contribution in [-0.4, -0.2) is 40.2 Å². The first-order chi connectivity index (χ1) is 7.65. The Morgan fingerprint density at radius 3 is 2.24 bits per heavy atom. The molecule has 0 aliphatic rings. The van der Waals surface area contributed by atoms with Crippen LogP contribution in [0.1, 0.15) is 27.2 Å². The Bertz CT molecular complexity index is 310. The Kier molecular flexibility index (Phi) is 6.01. The van der Waals surface area contributed by atoms with Gasteiger partial charge >= 0.3 is 12.1 Å². The third kappa shape index (κ3) is 7.62. The number of aliphatic carboxylic acids is 1. The monoisotopic (exact) mass is 263 g/mol.